The van der Waals surface area contributed by atoms with E-state index in [0.29, 0.717) is 12.0 Å². The fourth-order valence-corrected chi connectivity index (χ4v) is 4.83. The maximum absolute atomic E-state index is 14.4. The van der Waals surface area contributed by atoms with Gasteiger partial charge in [0.15, 0.2) is 0 Å². The average molecular weight is 473 g/mol. The van der Waals surface area contributed by atoms with Crippen LogP contribution >= 0.6 is 0 Å². The molecule has 35 heavy (non-hydrogen) atoms. The number of carbonyl (C=O) groups is 2. The third kappa shape index (κ3) is 6.78. The first-order chi connectivity index (χ1) is 17.0. The van der Waals surface area contributed by atoms with Gasteiger partial charge in [-0.3, -0.25) is 9.59 Å². The summed E-state index contributed by atoms with van der Waals surface area (Å²) in [6, 6.07) is 23.5. The lowest BCUT2D eigenvalue weighted by molar-refractivity contribution is -0.141. The highest BCUT2D eigenvalue weighted by molar-refractivity contribution is 5.89. The number of hydrogen-bond acceptors (Lipinski definition) is 2. The molecule has 0 aliphatic heterocycles. The van der Waals surface area contributed by atoms with Crippen LogP contribution in [0.4, 0.5) is 4.39 Å². The average Bonchev–Trinajstić information content (AvgIpc) is 3.36. The maximum atomic E-state index is 14.4. The van der Waals surface area contributed by atoms with Crippen molar-refractivity contribution in [2.45, 2.75) is 64.1 Å². The molecule has 0 spiro atoms. The van der Waals surface area contributed by atoms with Crippen molar-refractivity contribution in [1.29, 1.82) is 0 Å². The summed E-state index contributed by atoms with van der Waals surface area (Å²) in [5, 5.41) is 3.20. The van der Waals surface area contributed by atoms with Crippen molar-refractivity contribution in [2.75, 3.05) is 0 Å². The number of nitrogens with one attached hydrogen (secondary N) is 1. The predicted octanol–water partition coefficient (Wildman–Crippen LogP) is 5.38. The number of halogens is 1. The van der Waals surface area contributed by atoms with Crippen LogP contribution in [0.1, 0.15) is 47.9 Å². The van der Waals surface area contributed by atoms with Gasteiger partial charge in [-0.2, -0.15) is 0 Å². The standard InChI is InChI=1S/C30H33FN2O2/c1-22-10-9-13-24(18-22)21-33(29(34)20-25-14-5-8-17-27(25)31)28(19-23-11-3-2-4-12-23)30(35)32-26-15-6-7-16-26/h2-5,8-14,17-18,26,28H,6-7,15-16,19-21H2,1H3,(H,32,35)/t28-/m0/s1. The molecular formula is C30H33FN2O2. The Morgan fingerprint density at radius 1 is 0.943 bits per heavy atom. The number of nitrogens with zero attached hydrogens (tertiary/aromatic N) is 1. The predicted molar refractivity (Wildman–Crippen MR) is 136 cm³/mol. The van der Waals surface area contributed by atoms with Crippen molar-refractivity contribution in [2.24, 2.45) is 0 Å². The molecule has 1 fully saturated rings. The second kappa shape index (κ2) is 11.8. The molecule has 5 heteroatoms. The zero-order chi connectivity index (χ0) is 24.6. The fourth-order valence-electron chi connectivity index (χ4n) is 4.83. The van der Waals surface area contributed by atoms with Gasteiger partial charge in [0.05, 0.1) is 6.42 Å². The lowest BCUT2D eigenvalue weighted by Gasteiger charge is -2.32. The number of benzene rings is 3. The minimum Gasteiger partial charge on any atom is -0.352 e. The van der Waals surface area contributed by atoms with Gasteiger partial charge in [0, 0.05) is 19.0 Å². The van der Waals surface area contributed by atoms with Gasteiger partial charge in [-0.1, -0.05) is 91.2 Å². The number of hydrogen-bond donors (Lipinski definition) is 1. The van der Waals surface area contributed by atoms with Gasteiger partial charge in [-0.15, -0.1) is 0 Å². The second-order valence-corrected chi connectivity index (χ2v) is 9.47. The highest BCUT2D eigenvalue weighted by atomic mass is 19.1. The molecule has 0 saturated heterocycles. The lowest BCUT2D eigenvalue weighted by Crippen LogP contribution is -2.52. The van der Waals surface area contributed by atoms with Gasteiger partial charge in [-0.05, 0) is 42.5 Å². The Morgan fingerprint density at radius 3 is 2.34 bits per heavy atom. The van der Waals surface area contributed by atoms with Crippen LogP contribution in [-0.2, 0) is 29.0 Å². The fraction of sp³-hybridized carbons (Fsp3) is 0.333. The summed E-state index contributed by atoms with van der Waals surface area (Å²) in [7, 11) is 0. The summed E-state index contributed by atoms with van der Waals surface area (Å²) >= 11 is 0. The van der Waals surface area contributed by atoms with Gasteiger partial charge >= 0.3 is 0 Å². The Kier molecular flexibility index (Phi) is 8.30. The van der Waals surface area contributed by atoms with Crippen LogP contribution in [0.25, 0.3) is 0 Å². The zero-order valence-corrected chi connectivity index (χ0v) is 20.3. The number of carbonyl (C=O) groups excluding carboxylic acids is 2. The van der Waals surface area contributed by atoms with E-state index in [1.165, 1.54) is 6.07 Å². The molecule has 0 unspecified atom stereocenters. The Bertz CT molecular complexity index is 1140. The topological polar surface area (TPSA) is 49.4 Å². The van der Waals surface area contributed by atoms with Crippen molar-refractivity contribution in [3.05, 3.63) is 107 Å². The van der Waals surface area contributed by atoms with Crippen molar-refractivity contribution in [3.63, 3.8) is 0 Å². The van der Waals surface area contributed by atoms with Crippen LogP contribution in [0.2, 0.25) is 0 Å². The molecule has 2 amide bonds. The maximum Gasteiger partial charge on any atom is 0.243 e. The van der Waals surface area contributed by atoms with Gasteiger partial charge in [0.1, 0.15) is 11.9 Å². The third-order valence-corrected chi connectivity index (χ3v) is 6.71. The molecular weight excluding hydrogens is 439 g/mol. The van der Waals surface area contributed by atoms with Crippen LogP contribution in [-0.4, -0.2) is 28.8 Å². The number of aryl methyl sites for hydroxylation is 1. The summed E-state index contributed by atoms with van der Waals surface area (Å²) in [6.45, 7) is 2.29. The highest BCUT2D eigenvalue weighted by Gasteiger charge is 2.32. The van der Waals surface area contributed by atoms with Crippen LogP contribution < -0.4 is 5.32 Å². The van der Waals surface area contributed by atoms with E-state index in [2.05, 4.69) is 5.32 Å². The molecule has 4 nitrogen and oxygen atoms in total. The quantitative estimate of drug-likeness (QED) is 0.455. The largest absolute Gasteiger partial charge is 0.352 e. The molecule has 0 radical (unpaired) electrons. The van der Waals surface area contributed by atoms with E-state index in [1.54, 1.807) is 23.1 Å². The van der Waals surface area contributed by atoms with Crippen LogP contribution in [0.15, 0.2) is 78.9 Å². The Labute approximate surface area is 207 Å². The highest BCUT2D eigenvalue weighted by Crippen LogP contribution is 2.21. The first-order valence-electron chi connectivity index (χ1n) is 12.4. The van der Waals surface area contributed by atoms with Crippen LogP contribution in [0.3, 0.4) is 0 Å². The van der Waals surface area contributed by atoms with Crippen molar-refractivity contribution >= 4 is 11.8 Å². The molecule has 0 bridgehead atoms. The second-order valence-electron chi connectivity index (χ2n) is 9.47. The summed E-state index contributed by atoms with van der Waals surface area (Å²) in [5.41, 5.74) is 3.34. The molecule has 1 saturated carbocycles. The minimum atomic E-state index is -0.696. The molecule has 3 aromatic carbocycles. The smallest absolute Gasteiger partial charge is 0.243 e. The Hall–Kier alpha value is -3.47. The molecule has 0 aromatic heterocycles. The first kappa shape index (κ1) is 24.6. The monoisotopic (exact) mass is 472 g/mol. The van der Waals surface area contributed by atoms with Crippen molar-refractivity contribution in [3.8, 4) is 0 Å². The summed E-state index contributed by atoms with van der Waals surface area (Å²) in [4.78, 5) is 29.0. The summed E-state index contributed by atoms with van der Waals surface area (Å²) in [5.74, 6) is -0.819. The van der Waals surface area contributed by atoms with Crippen LogP contribution in [0, 0.1) is 12.7 Å². The van der Waals surface area contributed by atoms with Gasteiger partial charge in [0.2, 0.25) is 11.8 Å². The lowest BCUT2D eigenvalue weighted by atomic mass is 10.0. The molecule has 4 rings (SSSR count). The molecule has 0 heterocycles. The molecule has 1 N–H and O–H groups in total. The van der Waals surface area contributed by atoms with Gasteiger partial charge < -0.3 is 10.2 Å². The molecule has 182 valence electrons. The van der Waals surface area contributed by atoms with Crippen LogP contribution in [0.5, 0.6) is 0 Å². The van der Waals surface area contributed by atoms with Crippen molar-refractivity contribution in [1.82, 2.24) is 10.2 Å². The van der Waals surface area contributed by atoms with E-state index in [4.69, 9.17) is 0 Å². The van der Waals surface area contributed by atoms with Gasteiger partial charge in [0.25, 0.3) is 0 Å². The van der Waals surface area contributed by atoms with E-state index >= 15 is 0 Å². The Balaban J connectivity index is 1.67. The van der Waals surface area contributed by atoms with E-state index in [0.717, 1.165) is 42.4 Å². The van der Waals surface area contributed by atoms with E-state index in [1.807, 2.05) is 61.5 Å². The minimum absolute atomic E-state index is 0.0967. The van der Waals surface area contributed by atoms with Gasteiger partial charge in [-0.25, -0.2) is 4.39 Å². The summed E-state index contributed by atoms with van der Waals surface area (Å²) in [6.07, 6.45) is 4.44. The molecule has 3 aromatic rings. The third-order valence-electron chi connectivity index (χ3n) is 6.71. The molecule has 1 aliphatic carbocycles. The summed E-state index contributed by atoms with van der Waals surface area (Å²) < 4.78 is 14.4. The van der Waals surface area contributed by atoms with E-state index in [-0.39, 0.29) is 30.8 Å². The van der Waals surface area contributed by atoms with Crippen molar-refractivity contribution < 1.29 is 14.0 Å². The SMILES string of the molecule is Cc1cccc(CN(C(=O)Cc2ccccc2F)[C@@H](Cc2ccccc2)C(=O)NC2CCCC2)c1. The van der Waals surface area contributed by atoms with E-state index in [9.17, 15) is 14.0 Å². The Morgan fingerprint density at radius 2 is 1.63 bits per heavy atom. The zero-order valence-electron chi connectivity index (χ0n) is 20.3. The number of amides is 2. The first-order valence-corrected chi connectivity index (χ1v) is 12.4. The van der Waals surface area contributed by atoms with E-state index < -0.39 is 11.9 Å². The molecule has 1 aliphatic rings. The normalized spacial score (nSPS) is 14.5. The number of rotatable bonds is 9. The molecule has 1 atom stereocenters.